The number of aryl methyl sites for hydroxylation is 1. The second kappa shape index (κ2) is 7.77. The molecule has 0 aliphatic heterocycles. The molecule has 3 aromatic rings. The van der Waals surface area contributed by atoms with E-state index < -0.39 is 0 Å². The van der Waals surface area contributed by atoms with Crippen molar-refractivity contribution in [1.29, 1.82) is 0 Å². The second-order valence-electron chi connectivity index (χ2n) is 5.90. The lowest BCUT2D eigenvalue weighted by Crippen LogP contribution is -2.25. The van der Waals surface area contributed by atoms with E-state index in [0.717, 1.165) is 5.56 Å². The van der Waals surface area contributed by atoms with E-state index in [-0.39, 0.29) is 0 Å². The lowest BCUT2D eigenvalue weighted by molar-refractivity contribution is -0.806. The molecule has 0 saturated heterocycles. The van der Waals surface area contributed by atoms with Crippen molar-refractivity contribution in [3.63, 3.8) is 0 Å². The van der Waals surface area contributed by atoms with Crippen LogP contribution in [0.5, 0.6) is 11.5 Å². The number of rotatable bonds is 6. The van der Waals surface area contributed by atoms with Crippen LogP contribution in [0.1, 0.15) is 16.8 Å². The number of nitrogens with zero attached hydrogens (tertiary/aromatic N) is 3. The molecule has 2 aromatic carbocycles. The summed E-state index contributed by atoms with van der Waals surface area (Å²) in [7, 11) is 3.08. The maximum Gasteiger partial charge on any atom is 0.253 e. The minimum atomic E-state index is 0.327. The van der Waals surface area contributed by atoms with Crippen LogP contribution in [0.3, 0.4) is 0 Å². The van der Waals surface area contributed by atoms with E-state index in [2.05, 4.69) is 15.7 Å². The van der Waals surface area contributed by atoms with E-state index >= 15 is 0 Å². The van der Waals surface area contributed by atoms with Crippen molar-refractivity contribution in [2.24, 2.45) is 5.10 Å². The van der Waals surface area contributed by atoms with E-state index in [9.17, 15) is 5.21 Å². The highest BCUT2D eigenvalue weighted by Crippen LogP contribution is 2.38. The van der Waals surface area contributed by atoms with Crippen LogP contribution >= 0.6 is 0 Å². The van der Waals surface area contributed by atoms with Crippen LogP contribution in [0, 0.1) is 19.1 Å². The zero-order valence-electron chi connectivity index (χ0n) is 15.5. The van der Waals surface area contributed by atoms with E-state index in [0.29, 0.717) is 39.0 Å². The molecule has 8 nitrogen and oxygen atoms in total. The number of hydrogen-bond donors (Lipinski definition) is 1. The van der Waals surface area contributed by atoms with Crippen molar-refractivity contribution in [1.82, 2.24) is 5.16 Å². The fraction of sp³-hybridized carbons (Fsp3) is 0.211. The van der Waals surface area contributed by atoms with Gasteiger partial charge >= 0.3 is 0 Å². The van der Waals surface area contributed by atoms with Gasteiger partial charge in [0.15, 0.2) is 11.5 Å². The molecule has 0 spiro atoms. The van der Waals surface area contributed by atoms with Crippen LogP contribution in [0.4, 0.5) is 5.69 Å². The summed E-state index contributed by atoms with van der Waals surface area (Å²) in [4.78, 5) is 0.353. The normalized spacial score (nSPS) is 11.0. The molecule has 0 aliphatic carbocycles. The predicted molar refractivity (Wildman–Crippen MR) is 101 cm³/mol. The first-order chi connectivity index (χ1) is 13.0. The molecule has 8 heteroatoms. The van der Waals surface area contributed by atoms with Gasteiger partial charge in [-0.2, -0.15) is 5.10 Å². The van der Waals surface area contributed by atoms with E-state index in [4.69, 9.17) is 14.1 Å². The maximum atomic E-state index is 11.6. The summed E-state index contributed by atoms with van der Waals surface area (Å²) >= 11 is 0. The first kappa shape index (κ1) is 18.2. The number of anilines is 1. The Kier molecular flexibility index (Phi) is 5.25. The van der Waals surface area contributed by atoms with Gasteiger partial charge in [-0.25, -0.2) is 0 Å². The minimum absolute atomic E-state index is 0.327. The van der Waals surface area contributed by atoms with Gasteiger partial charge in [-0.05, 0) is 23.5 Å². The molecular weight excluding hydrogens is 348 g/mol. The highest BCUT2D eigenvalue weighted by atomic mass is 16.8. The number of benzene rings is 2. The Morgan fingerprint density at radius 2 is 1.78 bits per heavy atom. The summed E-state index contributed by atoms with van der Waals surface area (Å²) in [6.07, 6.45) is 1.70. The Balaban J connectivity index is 1.99. The van der Waals surface area contributed by atoms with Crippen molar-refractivity contribution < 1.29 is 19.0 Å². The molecular formula is C19H20N4O4. The molecule has 0 fully saturated rings. The molecule has 0 amide bonds. The van der Waals surface area contributed by atoms with Crippen LogP contribution in [0.2, 0.25) is 0 Å². The lowest BCUT2D eigenvalue weighted by atomic mass is 10.1. The molecule has 0 saturated carbocycles. The smallest absolute Gasteiger partial charge is 0.253 e. The fourth-order valence-electron chi connectivity index (χ4n) is 2.53. The molecule has 0 atom stereocenters. The molecule has 27 heavy (non-hydrogen) atoms. The molecule has 140 valence electrons. The average molecular weight is 368 g/mol. The Labute approximate surface area is 156 Å². The number of aromatic nitrogens is 2. The third-order valence-electron chi connectivity index (χ3n) is 4.08. The second-order valence-corrected chi connectivity index (χ2v) is 5.90. The minimum Gasteiger partial charge on any atom is -0.493 e. The van der Waals surface area contributed by atoms with Crippen molar-refractivity contribution in [3.05, 3.63) is 58.4 Å². The molecule has 0 unspecified atom stereocenters. The number of hydrogen-bond acceptors (Lipinski definition) is 7. The van der Waals surface area contributed by atoms with Crippen LogP contribution in [-0.4, -0.2) is 25.6 Å². The third-order valence-corrected chi connectivity index (χ3v) is 4.08. The summed E-state index contributed by atoms with van der Waals surface area (Å²) in [5.41, 5.74) is 7.01. The Morgan fingerprint density at radius 3 is 2.37 bits per heavy atom. The Bertz CT molecular complexity index is 965. The standard InChI is InChI=1S/C19H20N4O4/c1-12-5-7-14(8-6-12)11-20-21-16-10-18(26-4)17(25-3)9-15(16)19-13(2)23(24)27-22-19/h5-11,21H,1-4H3/b20-11+. The van der Waals surface area contributed by atoms with Gasteiger partial charge in [-0.15, -0.1) is 0 Å². The van der Waals surface area contributed by atoms with Gasteiger partial charge in [0.2, 0.25) is 5.69 Å². The fourth-order valence-corrected chi connectivity index (χ4v) is 2.53. The predicted octanol–water partition coefficient (Wildman–Crippen LogP) is 3.06. The molecule has 0 bridgehead atoms. The number of ether oxygens (including phenoxy) is 2. The summed E-state index contributed by atoms with van der Waals surface area (Å²) in [6, 6.07) is 11.4. The van der Waals surface area contributed by atoms with E-state index in [1.807, 2.05) is 31.2 Å². The van der Waals surface area contributed by atoms with Crippen LogP contribution in [-0.2, 0) is 0 Å². The van der Waals surface area contributed by atoms with Gasteiger partial charge in [0.1, 0.15) is 0 Å². The zero-order chi connectivity index (χ0) is 19.4. The quantitative estimate of drug-likeness (QED) is 0.408. The van der Waals surface area contributed by atoms with Crippen LogP contribution < -0.4 is 19.8 Å². The van der Waals surface area contributed by atoms with E-state index in [1.165, 1.54) is 12.7 Å². The molecule has 0 radical (unpaired) electrons. The molecule has 1 heterocycles. The summed E-state index contributed by atoms with van der Waals surface area (Å²) in [5, 5.41) is 19.7. The summed E-state index contributed by atoms with van der Waals surface area (Å²) in [6.45, 7) is 3.65. The number of nitrogens with one attached hydrogen (secondary N) is 1. The van der Waals surface area contributed by atoms with Crippen LogP contribution in [0.15, 0.2) is 46.1 Å². The zero-order valence-corrected chi connectivity index (χ0v) is 15.5. The number of hydrazone groups is 1. The van der Waals surface area contributed by atoms with Crippen molar-refractivity contribution in [2.45, 2.75) is 13.8 Å². The van der Waals surface area contributed by atoms with Crippen molar-refractivity contribution in [3.8, 4) is 22.8 Å². The molecule has 1 N–H and O–H groups in total. The van der Waals surface area contributed by atoms with Gasteiger partial charge in [0.05, 0.1) is 31.7 Å². The first-order valence-corrected chi connectivity index (χ1v) is 8.22. The monoisotopic (exact) mass is 368 g/mol. The van der Waals surface area contributed by atoms with Gasteiger partial charge in [-0.1, -0.05) is 29.8 Å². The molecule has 3 rings (SSSR count). The molecule has 1 aromatic heterocycles. The lowest BCUT2D eigenvalue weighted by Gasteiger charge is -2.12. The average Bonchev–Trinajstić information content (AvgIpc) is 3.01. The van der Waals surface area contributed by atoms with Crippen molar-refractivity contribution in [2.75, 3.05) is 19.6 Å². The summed E-state index contributed by atoms with van der Waals surface area (Å²) < 4.78 is 15.4. The third kappa shape index (κ3) is 3.84. The first-order valence-electron chi connectivity index (χ1n) is 8.22. The van der Waals surface area contributed by atoms with Gasteiger partial charge in [0.25, 0.3) is 5.69 Å². The largest absolute Gasteiger partial charge is 0.493 e. The highest BCUT2D eigenvalue weighted by Gasteiger charge is 2.22. The van der Waals surface area contributed by atoms with Gasteiger partial charge in [-0.3, -0.25) is 10.1 Å². The molecule has 0 aliphatic rings. The topological polar surface area (TPSA) is 95.8 Å². The Hall–Kier alpha value is -3.55. The van der Waals surface area contributed by atoms with E-state index in [1.54, 1.807) is 32.4 Å². The van der Waals surface area contributed by atoms with Crippen molar-refractivity contribution >= 4 is 11.9 Å². The number of methoxy groups -OCH3 is 2. The SMILES string of the molecule is COc1cc(N/N=C/c2ccc(C)cc2)c(-c2no[n+]([O-])c2C)cc1OC. The van der Waals surface area contributed by atoms with Crippen LogP contribution in [0.25, 0.3) is 11.3 Å². The maximum absolute atomic E-state index is 11.6. The van der Waals surface area contributed by atoms with Gasteiger partial charge in [0, 0.05) is 18.1 Å². The Morgan fingerprint density at radius 1 is 1.11 bits per heavy atom. The van der Waals surface area contributed by atoms with Gasteiger partial charge < -0.3 is 14.7 Å². The summed E-state index contributed by atoms with van der Waals surface area (Å²) in [5.74, 6) is 1.02. The highest BCUT2D eigenvalue weighted by molar-refractivity contribution is 5.83.